The summed E-state index contributed by atoms with van der Waals surface area (Å²) in [4.78, 5) is 33.7. The minimum Gasteiger partial charge on any atom is -0.312 e. The van der Waals surface area contributed by atoms with E-state index < -0.39 is 0 Å². The minimum absolute atomic E-state index is 0.242. The molecule has 2 aromatic heterocycles. The monoisotopic (exact) mass is 429 g/mol. The van der Waals surface area contributed by atoms with Crippen LogP contribution < -0.4 is 16.1 Å². The van der Waals surface area contributed by atoms with E-state index >= 15 is 0 Å². The Morgan fingerprint density at radius 2 is 1.72 bits per heavy atom. The fraction of sp³-hybridized carbons (Fsp3) is 0.320. The molecule has 1 atom stereocenters. The number of hydrogen-bond acceptors (Lipinski definition) is 4. The van der Waals surface area contributed by atoms with Gasteiger partial charge >= 0.3 is 5.69 Å². The number of benzene rings is 2. The van der Waals surface area contributed by atoms with Gasteiger partial charge in [-0.2, -0.15) is 4.98 Å². The van der Waals surface area contributed by atoms with Crippen LogP contribution in [0.4, 0.5) is 11.6 Å². The summed E-state index contributed by atoms with van der Waals surface area (Å²) in [6.45, 7) is 7.95. The molecule has 0 N–H and O–H groups in total. The molecule has 0 saturated heterocycles. The average molecular weight is 430 g/mol. The minimum atomic E-state index is -0.351. The van der Waals surface area contributed by atoms with Crippen LogP contribution in [-0.2, 0) is 20.1 Å². The van der Waals surface area contributed by atoms with Gasteiger partial charge in [0.1, 0.15) is 0 Å². The maximum atomic E-state index is 13.6. The molecule has 1 aliphatic heterocycles. The van der Waals surface area contributed by atoms with E-state index in [1.807, 2.05) is 35.8 Å². The number of hydrogen-bond donors (Lipinski definition) is 0. The van der Waals surface area contributed by atoms with Crippen molar-refractivity contribution in [2.45, 2.75) is 33.9 Å². The zero-order chi connectivity index (χ0) is 22.6. The third-order valence-corrected chi connectivity index (χ3v) is 6.38. The van der Waals surface area contributed by atoms with Crippen LogP contribution in [0.1, 0.15) is 23.6 Å². The highest BCUT2D eigenvalue weighted by molar-refractivity contribution is 5.77. The van der Waals surface area contributed by atoms with E-state index in [1.54, 1.807) is 7.05 Å². The van der Waals surface area contributed by atoms with Gasteiger partial charge in [0.2, 0.25) is 5.95 Å². The maximum absolute atomic E-state index is 13.6. The molecule has 0 radical (unpaired) electrons. The van der Waals surface area contributed by atoms with Crippen molar-refractivity contribution < 1.29 is 0 Å². The maximum Gasteiger partial charge on any atom is 0.332 e. The number of fused-ring (bicyclic) bond motifs is 3. The van der Waals surface area contributed by atoms with Gasteiger partial charge in [-0.25, -0.2) is 4.79 Å². The van der Waals surface area contributed by atoms with Crippen LogP contribution in [0.3, 0.4) is 0 Å². The van der Waals surface area contributed by atoms with Crippen LogP contribution in [0.5, 0.6) is 0 Å². The predicted octanol–water partition coefficient (Wildman–Crippen LogP) is 3.35. The standard InChI is InChI=1S/C25H27N5O2/c1-16-9-11-20(12-10-16)28-13-17(2)14-29-21-22(26-24(28)29)27(4)25(32)30(23(21)31)15-19-8-6-5-7-18(19)3/h5-12,17H,13-15H2,1-4H3/t17-/m1/s1. The van der Waals surface area contributed by atoms with Crippen molar-refractivity contribution in [1.29, 1.82) is 0 Å². The van der Waals surface area contributed by atoms with Crippen molar-refractivity contribution in [3.8, 4) is 0 Å². The highest BCUT2D eigenvalue weighted by Crippen LogP contribution is 2.32. The van der Waals surface area contributed by atoms with E-state index in [2.05, 4.69) is 43.0 Å². The Labute approximate surface area is 186 Å². The van der Waals surface area contributed by atoms with Crippen LogP contribution in [0.15, 0.2) is 58.1 Å². The van der Waals surface area contributed by atoms with E-state index in [0.717, 1.165) is 23.4 Å². The SMILES string of the molecule is Cc1ccc(N2C[C@@H](C)Cn3c2nc2c3c(=O)n(Cc3ccccc3C)c(=O)n2C)cc1. The normalized spacial score (nSPS) is 15.9. The lowest BCUT2D eigenvalue weighted by Gasteiger charge is -2.33. The molecule has 0 unspecified atom stereocenters. The van der Waals surface area contributed by atoms with Gasteiger partial charge in [0.05, 0.1) is 6.54 Å². The molecular weight excluding hydrogens is 402 g/mol. The van der Waals surface area contributed by atoms with E-state index in [1.165, 1.54) is 14.7 Å². The first-order chi connectivity index (χ1) is 15.3. The Morgan fingerprint density at radius 3 is 2.44 bits per heavy atom. The molecule has 3 heterocycles. The quantitative estimate of drug-likeness (QED) is 0.501. The summed E-state index contributed by atoms with van der Waals surface area (Å²) in [5.41, 5.74) is 4.51. The molecular formula is C25H27N5O2. The number of nitrogens with zero attached hydrogens (tertiary/aromatic N) is 5. The molecule has 7 heteroatoms. The van der Waals surface area contributed by atoms with Crippen molar-refractivity contribution >= 4 is 22.8 Å². The van der Waals surface area contributed by atoms with Gasteiger partial charge in [-0.1, -0.05) is 48.9 Å². The molecule has 5 rings (SSSR count). The number of aromatic nitrogens is 4. The fourth-order valence-corrected chi connectivity index (χ4v) is 4.54. The number of imidazole rings is 1. The van der Waals surface area contributed by atoms with Gasteiger partial charge in [-0.05, 0) is 43.0 Å². The molecule has 0 spiro atoms. The number of anilines is 2. The van der Waals surface area contributed by atoms with Crippen molar-refractivity contribution in [3.05, 3.63) is 86.1 Å². The summed E-state index contributed by atoms with van der Waals surface area (Å²) in [5.74, 6) is 1.03. The van der Waals surface area contributed by atoms with Crippen LogP contribution in [0.2, 0.25) is 0 Å². The molecule has 32 heavy (non-hydrogen) atoms. The molecule has 0 amide bonds. The topological polar surface area (TPSA) is 65.1 Å². The van der Waals surface area contributed by atoms with E-state index in [4.69, 9.17) is 4.98 Å². The van der Waals surface area contributed by atoms with Gasteiger partial charge in [0.15, 0.2) is 11.2 Å². The van der Waals surface area contributed by atoms with Crippen LogP contribution in [0.25, 0.3) is 11.2 Å². The summed E-state index contributed by atoms with van der Waals surface area (Å²) < 4.78 is 4.81. The van der Waals surface area contributed by atoms with Gasteiger partial charge in [-0.15, -0.1) is 0 Å². The Kier molecular flexibility index (Phi) is 4.77. The first kappa shape index (κ1) is 20.3. The molecule has 0 aliphatic carbocycles. The predicted molar refractivity (Wildman–Crippen MR) is 127 cm³/mol. The van der Waals surface area contributed by atoms with Crippen molar-refractivity contribution in [2.24, 2.45) is 13.0 Å². The average Bonchev–Trinajstić information content (AvgIpc) is 3.16. The highest BCUT2D eigenvalue weighted by atomic mass is 16.2. The first-order valence-electron chi connectivity index (χ1n) is 10.9. The molecule has 0 saturated carbocycles. The van der Waals surface area contributed by atoms with Crippen LogP contribution >= 0.6 is 0 Å². The lowest BCUT2D eigenvalue weighted by molar-refractivity contribution is 0.458. The summed E-state index contributed by atoms with van der Waals surface area (Å²) in [6.07, 6.45) is 0. The van der Waals surface area contributed by atoms with Gasteiger partial charge < -0.3 is 9.47 Å². The molecule has 164 valence electrons. The molecule has 1 aliphatic rings. The van der Waals surface area contributed by atoms with E-state index in [-0.39, 0.29) is 17.8 Å². The third kappa shape index (κ3) is 3.16. The number of aryl methyl sites for hydroxylation is 3. The largest absolute Gasteiger partial charge is 0.332 e. The fourth-order valence-electron chi connectivity index (χ4n) is 4.54. The smallest absolute Gasteiger partial charge is 0.312 e. The Hall–Kier alpha value is -3.61. The van der Waals surface area contributed by atoms with E-state index in [0.29, 0.717) is 29.6 Å². The lowest BCUT2D eigenvalue weighted by atomic mass is 10.1. The van der Waals surface area contributed by atoms with Crippen molar-refractivity contribution in [2.75, 3.05) is 11.4 Å². The second-order valence-electron chi connectivity index (χ2n) is 8.91. The summed E-state index contributed by atoms with van der Waals surface area (Å²) in [7, 11) is 1.69. The van der Waals surface area contributed by atoms with Crippen LogP contribution in [0, 0.1) is 19.8 Å². The molecule has 2 aromatic carbocycles. The zero-order valence-corrected chi connectivity index (χ0v) is 18.9. The molecule has 0 bridgehead atoms. The lowest BCUT2D eigenvalue weighted by Crippen LogP contribution is -2.40. The van der Waals surface area contributed by atoms with Gasteiger partial charge in [0, 0.05) is 25.8 Å². The third-order valence-electron chi connectivity index (χ3n) is 6.38. The first-order valence-corrected chi connectivity index (χ1v) is 10.9. The van der Waals surface area contributed by atoms with E-state index in [9.17, 15) is 9.59 Å². The highest BCUT2D eigenvalue weighted by Gasteiger charge is 2.29. The Bertz CT molecular complexity index is 1440. The molecule has 4 aromatic rings. The summed E-state index contributed by atoms with van der Waals surface area (Å²) in [6, 6.07) is 16.1. The summed E-state index contributed by atoms with van der Waals surface area (Å²) in [5, 5.41) is 0. The molecule has 7 nitrogen and oxygen atoms in total. The van der Waals surface area contributed by atoms with Crippen LogP contribution in [-0.4, -0.2) is 25.2 Å². The Balaban J connectivity index is 1.73. The van der Waals surface area contributed by atoms with Gasteiger partial charge in [-0.3, -0.25) is 13.9 Å². The second kappa shape index (κ2) is 7.51. The zero-order valence-electron chi connectivity index (χ0n) is 18.9. The van der Waals surface area contributed by atoms with Gasteiger partial charge in [0.25, 0.3) is 5.56 Å². The van der Waals surface area contributed by atoms with Crippen molar-refractivity contribution in [3.63, 3.8) is 0 Å². The van der Waals surface area contributed by atoms with Crippen molar-refractivity contribution in [1.82, 2.24) is 18.7 Å². The Morgan fingerprint density at radius 1 is 1.00 bits per heavy atom. The summed E-state index contributed by atoms with van der Waals surface area (Å²) >= 11 is 0. The molecule has 0 fully saturated rings. The number of rotatable bonds is 3. The second-order valence-corrected chi connectivity index (χ2v) is 8.91.